The molecular weight excluding hydrogens is 236 g/mol. The number of carbonyl (C=O) groups excluding carboxylic acids is 1. The second-order valence-electron chi connectivity index (χ2n) is 5.40. The molecule has 19 heavy (non-hydrogen) atoms. The number of hydrogen-bond donors (Lipinski definition) is 1. The number of benzene rings is 1. The number of nitrogens with one attached hydrogen (secondary N) is 1. The fourth-order valence-corrected chi connectivity index (χ4v) is 2.71. The van der Waals surface area contributed by atoms with E-state index in [4.69, 9.17) is 0 Å². The highest BCUT2D eigenvalue weighted by Gasteiger charge is 2.20. The van der Waals surface area contributed by atoms with Gasteiger partial charge in [-0.2, -0.15) is 0 Å². The van der Waals surface area contributed by atoms with Crippen molar-refractivity contribution in [1.29, 1.82) is 0 Å². The highest BCUT2D eigenvalue weighted by molar-refractivity contribution is 5.74. The van der Waals surface area contributed by atoms with Crippen molar-refractivity contribution >= 4 is 6.03 Å². The maximum absolute atomic E-state index is 12.1. The predicted octanol–water partition coefficient (Wildman–Crippen LogP) is 3.55. The summed E-state index contributed by atoms with van der Waals surface area (Å²) in [5.41, 5.74) is 1.14. The quantitative estimate of drug-likeness (QED) is 0.828. The summed E-state index contributed by atoms with van der Waals surface area (Å²) in [6.45, 7) is 0.608. The third kappa shape index (κ3) is 4.27. The van der Waals surface area contributed by atoms with Crippen molar-refractivity contribution in [2.75, 3.05) is 7.05 Å². The van der Waals surface area contributed by atoms with Crippen molar-refractivity contribution < 1.29 is 4.79 Å². The molecule has 104 valence electrons. The van der Waals surface area contributed by atoms with Crippen molar-refractivity contribution in [1.82, 2.24) is 10.2 Å². The summed E-state index contributed by atoms with van der Waals surface area (Å²) in [6.07, 6.45) is 7.43. The van der Waals surface area contributed by atoms with Crippen LogP contribution in [0, 0.1) is 0 Å². The van der Waals surface area contributed by atoms with Crippen LogP contribution in [0.4, 0.5) is 4.79 Å². The first-order valence-electron chi connectivity index (χ1n) is 7.32. The Labute approximate surface area is 116 Å². The molecule has 3 nitrogen and oxygen atoms in total. The summed E-state index contributed by atoms with van der Waals surface area (Å²) in [4.78, 5) is 14.0. The van der Waals surface area contributed by atoms with E-state index >= 15 is 0 Å². The summed E-state index contributed by atoms with van der Waals surface area (Å²) in [5.74, 6) is 0. The molecule has 0 atom stereocenters. The van der Waals surface area contributed by atoms with Gasteiger partial charge in [0.15, 0.2) is 0 Å². The molecule has 2 amide bonds. The van der Waals surface area contributed by atoms with E-state index in [1.807, 2.05) is 42.3 Å². The highest BCUT2D eigenvalue weighted by Crippen LogP contribution is 2.21. The largest absolute Gasteiger partial charge is 0.334 e. The molecule has 0 spiro atoms. The molecule has 0 saturated heterocycles. The lowest BCUT2D eigenvalue weighted by molar-refractivity contribution is 0.183. The number of carbonyl (C=O) groups is 1. The molecule has 3 heteroatoms. The molecule has 1 fully saturated rings. The van der Waals surface area contributed by atoms with Crippen LogP contribution in [0.15, 0.2) is 30.3 Å². The van der Waals surface area contributed by atoms with Gasteiger partial charge in [0.2, 0.25) is 0 Å². The van der Waals surface area contributed by atoms with E-state index in [2.05, 4.69) is 5.32 Å². The maximum atomic E-state index is 12.1. The van der Waals surface area contributed by atoms with Crippen LogP contribution >= 0.6 is 0 Å². The summed E-state index contributed by atoms with van der Waals surface area (Å²) in [5, 5.41) is 3.00. The normalized spacial score (nSPS) is 16.7. The number of nitrogens with zero attached hydrogens (tertiary/aromatic N) is 1. The number of hydrogen-bond acceptors (Lipinski definition) is 1. The van der Waals surface area contributed by atoms with Crippen molar-refractivity contribution in [3.05, 3.63) is 35.9 Å². The van der Waals surface area contributed by atoms with E-state index in [9.17, 15) is 4.79 Å². The molecule has 1 aromatic carbocycles. The van der Waals surface area contributed by atoms with E-state index in [-0.39, 0.29) is 6.03 Å². The smallest absolute Gasteiger partial charge is 0.317 e. The second kappa shape index (κ2) is 7.17. The first-order chi connectivity index (χ1) is 9.27. The van der Waals surface area contributed by atoms with Crippen LogP contribution in [0.25, 0.3) is 0 Å². The number of rotatable bonds is 3. The van der Waals surface area contributed by atoms with Gasteiger partial charge in [-0.05, 0) is 18.4 Å². The van der Waals surface area contributed by atoms with E-state index in [0.29, 0.717) is 12.6 Å². The van der Waals surface area contributed by atoms with Crippen LogP contribution < -0.4 is 5.32 Å². The highest BCUT2D eigenvalue weighted by atomic mass is 16.2. The Balaban J connectivity index is 1.81. The van der Waals surface area contributed by atoms with Crippen LogP contribution in [0.5, 0.6) is 0 Å². The lowest BCUT2D eigenvalue weighted by Gasteiger charge is -2.27. The third-order valence-electron chi connectivity index (χ3n) is 3.98. The van der Waals surface area contributed by atoms with E-state index in [1.165, 1.54) is 25.7 Å². The van der Waals surface area contributed by atoms with E-state index < -0.39 is 0 Å². The third-order valence-corrected chi connectivity index (χ3v) is 3.98. The molecule has 0 bridgehead atoms. The van der Waals surface area contributed by atoms with Gasteiger partial charge >= 0.3 is 6.03 Å². The van der Waals surface area contributed by atoms with E-state index in [0.717, 1.165) is 18.4 Å². The average molecular weight is 260 g/mol. The molecule has 2 rings (SSSR count). The van der Waals surface area contributed by atoms with Gasteiger partial charge in [0.25, 0.3) is 0 Å². The second-order valence-corrected chi connectivity index (χ2v) is 5.40. The average Bonchev–Trinajstić information content (AvgIpc) is 2.74. The standard InChI is InChI=1S/C16H24N2O/c1-18(15-11-7-2-3-8-12-15)16(19)17-13-14-9-5-4-6-10-14/h4-6,9-10,15H,2-3,7-8,11-13H2,1H3,(H,17,19). The van der Waals surface area contributed by atoms with Crippen molar-refractivity contribution in [2.45, 2.75) is 51.1 Å². The minimum absolute atomic E-state index is 0.0516. The summed E-state index contributed by atoms with van der Waals surface area (Å²) < 4.78 is 0. The van der Waals surface area contributed by atoms with Gasteiger partial charge in [0, 0.05) is 19.6 Å². The molecular formula is C16H24N2O. The Morgan fingerprint density at radius 2 is 1.79 bits per heavy atom. The fraction of sp³-hybridized carbons (Fsp3) is 0.562. The molecule has 1 aliphatic rings. The predicted molar refractivity (Wildman–Crippen MR) is 77.9 cm³/mol. The minimum Gasteiger partial charge on any atom is -0.334 e. The van der Waals surface area contributed by atoms with Crippen LogP contribution in [-0.2, 0) is 6.54 Å². The molecule has 0 heterocycles. The van der Waals surface area contributed by atoms with Crippen LogP contribution in [0.2, 0.25) is 0 Å². The Morgan fingerprint density at radius 3 is 2.42 bits per heavy atom. The molecule has 1 aromatic rings. The topological polar surface area (TPSA) is 32.3 Å². The molecule has 0 aromatic heterocycles. The Morgan fingerprint density at radius 1 is 1.16 bits per heavy atom. The zero-order chi connectivity index (χ0) is 13.5. The summed E-state index contributed by atoms with van der Waals surface area (Å²) in [6, 6.07) is 10.5. The van der Waals surface area contributed by atoms with Gasteiger partial charge in [-0.25, -0.2) is 4.79 Å². The Hall–Kier alpha value is -1.51. The van der Waals surface area contributed by atoms with Gasteiger partial charge in [0.1, 0.15) is 0 Å². The number of urea groups is 1. The van der Waals surface area contributed by atoms with Crippen LogP contribution in [-0.4, -0.2) is 24.0 Å². The fourth-order valence-electron chi connectivity index (χ4n) is 2.71. The summed E-state index contributed by atoms with van der Waals surface area (Å²) >= 11 is 0. The zero-order valence-corrected chi connectivity index (χ0v) is 11.8. The van der Waals surface area contributed by atoms with Gasteiger partial charge in [0.05, 0.1) is 0 Å². The molecule has 1 N–H and O–H groups in total. The van der Waals surface area contributed by atoms with Gasteiger partial charge < -0.3 is 10.2 Å². The van der Waals surface area contributed by atoms with Crippen molar-refractivity contribution in [3.63, 3.8) is 0 Å². The lowest BCUT2D eigenvalue weighted by Crippen LogP contribution is -2.43. The van der Waals surface area contributed by atoms with Gasteiger partial charge in [-0.1, -0.05) is 56.0 Å². The maximum Gasteiger partial charge on any atom is 0.317 e. The minimum atomic E-state index is 0.0516. The SMILES string of the molecule is CN(C(=O)NCc1ccccc1)C1CCCCCC1. The van der Waals surface area contributed by atoms with Crippen molar-refractivity contribution in [2.24, 2.45) is 0 Å². The first-order valence-corrected chi connectivity index (χ1v) is 7.32. The first kappa shape index (κ1) is 13.9. The van der Waals surface area contributed by atoms with Crippen LogP contribution in [0.1, 0.15) is 44.1 Å². The Kier molecular flexibility index (Phi) is 5.25. The van der Waals surface area contributed by atoms with Crippen LogP contribution in [0.3, 0.4) is 0 Å². The van der Waals surface area contributed by atoms with Gasteiger partial charge in [-0.3, -0.25) is 0 Å². The Bertz CT molecular complexity index is 383. The molecule has 0 radical (unpaired) electrons. The molecule has 1 aliphatic carbocycles. The molecule has 1 saturated carbocycles. The van der Waals surface area contributed by atoms with Crippen molar-refractivity contribution in [3.8, 4) is 0 Å². The number of amides is 2. The monoisotopic (exact) mass is 260 g/mol. The summed E-state index contributed by atoms with van der Waals surface area (Å²) in [7, 11) is 1.93. The van der Waals surface area contributed by atoms with E-state index in [1.54, 1.807) is 0 Å². The van der Waals surface area contributed by atoms with Gasteiger partial charge in [-0.15, -0.1) is 0 Å². The zero-order valence-electron chi connectivity index (χ0n) is 11.8. The molecule has 0 aliphatic heterocycles. The molecule has 0 unspecified atom stereocenters. The lowest BCUT2D eigenvalue weighted by atomic mass is 10.1.